The minimum atomic E-state index is 0.00315. The van der Waals surface area contributed by atoms with Crippen LogP contribution in [0.1, 0.15) is 77.6 Å². The standard InChI is InChI=1S/C18H29NO2/c1-2-3-4-14-7-11-17(12-8-14)21-18(20)16-9-5-15(13-19)6-10-16/h14-17H,2-12H2,1H3. The van der Waals surface area contributed by atoms with Crippen LogP contribution in [0.5, 0.6) is 0 Å². The first-order valence-corrected chi connectivity index (χ1v) is 8.83. The lowest BCUT2D eigenvalue weighted by Crippen LogP contribution is -2.30. The van der Waals surface area contributed by atoms with Crippen molar-refractivity contribution in [1.29, 1.82) is 5.26 Å². The van der Waals surface area contributed by atoms with Crippen molar-refractivity contribution in [1.82, 2.24) is 0 Å². The zero-order chi connectivity index (χ0) is 15.1. The molecule has 0 aliphatic heterocycles. The first kappa shape index (κ1) is 16.3. The predicted molar refractivity (Wildman–Crippen MR) is 82.4 cm³/mol. The molecule has 0 atom stereocenters. The van der Waals surface area contributed by atoms with Crippen LogP contribution in [0, 0.1) is 29.1 Å². The largest absolute Gasteiger partial charge is 0.462 e. The van der Waals surface area contributed by atoms with Crippen molar-refractivity contribution in [3.8, 4) is 6.07 Å². The van der Waals surface area contributed by atoms with Gasteiger partial charge in [-0.1, -0.05) is 26.2 Å². The number of nitriles is 1. The lowest BCUT2D eigenvalue weighted by Gasteiger charge is -2.30. The van der Waals surface area contributed by atoms with E-state index in [4.69, 9.17) is 10.00 Å². The van der Waals surface area contributed by atoms with Gasteiger partial charge in [0.15, 0.2) is 0 Å². The van der Waals surface area contributed by atoms with Crippen LogP contribution in [0.15, 0.2) is 0 Å². The second-order valence-corrected chi connectivity index (χ2v) is 6.90. The van der Waals surface area contributed by atoms with Crippen molar-refractivity contribution >= 4 is 5.97 Å². The minimum Gasteiger partial charge on any atom is -0.462 e. The second kappa shape index (κ2) is 8.41. The summed E-state index contributed by atoms with van der Waals surface area (Å²) in [6.45, 7) is 2.24. The molecule has 2 rings (SSSR count). The van der Waals surface area contributed by atoms with E-state index in [-0.39, 0.29) is 23.9 Å². The summed E-state index contributed by atoms with van der Waals surface area (Å²) in [5, 5.41) is 8.90. The smallest absolute Gasteiger partial charge is 0.309 e. The number of carbonyl (C=O) groups excluding carboxylic acids is 1. The molecular weight excluding hydrogens is 262 g/mol. The molecule has 0 N–H and O–H groups in total. The van der Waals surface area contributed by atoms with Crippen molar-refractivity contribution in [2.24, 2.45) is 17.8 Å². The highest BCUT2D eigenvalue weighted by atomic mass is 16.5. The number of rotatable bonds is 5. The topological polar surface area (TPSA) is 50.1 Å². The number of ether oxygens (including phenoxy) is 1. The Hall–Kier alpha value is -1.04. The predicted octanol–water partition coefficient (Wildman–Crippen LogP) is 4.61. The quantitative estimate of drug-likeness (QED) is 0.695. The fraction of sp³-hybridized carbons (Fsp3) is 0.889. The maximum atomic E-state index is 12.2. The molecule has 0 radical (unpaired) electrons. The van der Waals surface area contributed by atoms with Crippen LogP contribution in [0.3, 0.4) is 0 Å². The Kier molecular flexibility index (Phi) is 6.54. The third-order valence-corrected chi connectivity index (χ3v) is 5.29. The van der Waals surface area contributed by atoms with E-state index in [1.807, 2.05) is 0 Å². The van der Waals surface area contributed by atoms with Crippen molar-refractivity contribution in [2.45, 2.75) is 83.7 Å². The number of carbonyl (C=O) groups is 1. The molecule has 118 valence electrons. The average molecular weight is 291 g/mol. The molecule has 0 aromatic rings. The number of nitrogens with zero attached hydrogens (tertiary/aromatic N) is 1. The Morgan fingerprint density at radius 1 is 1.10 bits per heavy atom. The highest BCUT2D eigenvalue weighted by Crippen LogP contribution is 2.33. The molecule has 0 spiro atoms. The molecule has 0 unspecified atom stereocenters. The van der Waals surface area contributed by atoms with E-state index in [1.54, 1.807) is 0 Å². The summed E-state index contributed by atoms with van der Waals surface area (Å²) in [7, 11) is 0. The van der Waals surface area contributed by atoms with Crippen molar-refractivity contribution < 1.29 is 9.53 Å². The highest BCUT2D eigenvalue weighted by Gasteiger charge is 2.30. The van der Waals surface area contributed by atoms with Gasteiger partial charge in [-0.3, -0.25) is 4.79 Å². The van der Waals surface area contributed by atoms with Gasteiger partial charge in [0.05, 0.1) is 12.0 Å². The third kappa shape index (κ3) is 5.02. The van der Waals surface area contributed by atoms with Crippen LogP contribution in [0.4, 0.5) is 0 Å². The SMILES string of the molecule is CCCCC1CCC(OC(=O)C2CCC(C#N)CC2)CC1. The number of hydrogen-bond donors (Lipinski definition) is 0. The molecule has 0 saturated heterocycles. The van der Waals surface area contributed by atoms with Gasteiger partial charge in [-0.15, -0.1) is 0 Å². The van der Waals surface area contributed by atoms with Crippen molar-refractivity contribution in [2.75, 3.05) is 0 Å². The fourth-order valence-corrected chi connectivity index (χ4v) is 3.75. The maximum Gasteiger partial charge on any atom is 0.309 e. The van der Waals surface area contributed by atoms with E-state index in [9.17, 15) is 4.79 Å². The highest BCUT2D eigenvalue weighted by molar-refractivity contribution is 5.72. The normalized spacial score (nSPS) is 33.1. The number of hydrogen-bond acceptors (Lipinski definition) is 3. The summed E-state index contributed by atoms with van der Waals surface area (Å²) >= 11 is 0. The average Bonchev–Trinajstić information content (AvgIpc) is 2.54. The lowest BCUT2D eigenvalue weighted by molar-refractivity contribution is -0.157. The van der Waals surface area contributed by atoms with Crippen LogP contribution in [-0.4, -0.2) is 12.1 Å². The Morgan fingerprint density at radius 3 is 2.33 bits per heavy atom. The first-order valence-electron chi connectivity index (χ1n) is 8.83. The Bertz CT molecular complexity index is 358. The number of esters is 1. The van der Waals surface area contributed by atoms with E-state index in [2.05, 4.69) is 13.0 Å². The van der Waals surface area contributed by atoms with E-state index in [1.165, 1.54) is 32.1 Å². The van der Waals surface area contributed by atoms with E-state index < -0.39 is 0 Å². The monoisotopic (exact) mass is 291 g/mol. The molecule has 0 bridgehead atoms. The van der Waals surface area contributed by atoms with E-state index in [0.29, 0.717) is 0 Å². The summed E-state index contributed by atoms with van der Waals surface area (Å²) < 4.78 is 5.73. The van der Waals surface area contributed by atoms with Crippen LogP contribution >= 0.6 is 0 Å². The van der Waals surface area contributed by atoms with E-state index in [0.717, 1.165) is 44.4 Å². The third-order valence-electron chi connectivity index (χ3n) is 5.29. The van der Waals surface area contributed by atoms with Gasteiger partial charge in [0.25, 0.3) is 0 Å². The van der Waals surface area contributed by atoms with Gasteiger partial charge in [0.2, 0.25) is 0 Å². The molecule has 0 aromatic heterocycles. The first-order chi connectivity index (χ1) is 10.2. The molecule has 3 heteroatoms. The van der Waals surface area contributed by atoms with Gasteiger partial charge < -0.3 is 4.74 Å². The summed E-state index contributed by atoms with van der Waals surface area (Å²) in [5.74, 6) is 1.06. The van der Waals surface area contributed by atoms with Gasteiger partial charge in [0, 0.05) is 5.92 Å². The van der Waals surface area contributed by atoms with Crippen molar-refractivity contribution in [3.63, 3.8) is 0 Å². The minimum absolute atomic E-state index is 0.00315. The Balaban J connectivity index is 1.66. The van der Waals surface area contributed by atoms with Crippen molar-refractivity contribution in [3.05, 3.63) is 0 Å². The zero-order valence-corrected chi connectivity index (χ0v) is 13.4. The number of unbranched alkanes of at least 4 members (excludes halogenated alkanes) is 1. The fourth-order valence-electron chi connectivity index (χ4n) is 3.75. The molecular formula is C18H29NO2. The lowest BCUT2D eigenvalue weighted by atomic mass is 9.82. The van der Waals surface area contributed by atoms with Crippen LogP contribution in [0.2, 0.25) is 0 Å². The molecule has 0 heterocycles. The zero-order valence-electron chi connectivity index (χ0n) is 13.4. The second-order valence-electron chi connectivity index (χ2n) is 6.90. The molecule has 2 fully saturated rings. The molecule has 0 amide bonds. The molecule has 2 aliphatic rings. The summed E-state index contributed by atoms with van der Waals surface area (Å²) in [5.41, 5.74) is 0. The van der Waals surface area contributed by atoms with Crippen LogP contribution in [0.25, 0.3) is 0 Å². The molecule has 0 aromatic carbocycles. The summed E-state index contributed by atoms with van der Waals surface area (Å²) in [4.78, 5) is 12.2. The van der Waals surface area contributed by atoms with Gasteiger partial charge in [0.1, 0.15) is 6.10 Å². The summed E-state index contributed by atoms with van der Waals surface area (Å²) in [6.07, 6.45) is 12.0. The molecule has 2 aliphatic carbocycles. The molecule has 2 saturated carbocycles. The van der Waals surface area contributed by atoms with Gasteiger partial charge in [-0.05, 0) is 57.3 Å². The van der Waals surface area contributed by atoms with Crippen LogP contribution < -0.4 is 0 Å². The molecule has 3 nitrogen and oxygen atoms in total. The van der Waals surface area contributed by atoms with Gasteiger partial charge >= 0.3 is 5.97 Å². The summed E-state index contributed by atoms with van der Waals surface area (Å²) in [6, 6.07) is 2.31. The van der Waals surface area contributed by atoms with E-state index >= 15 is 0 Å². The van der Waals surface area contributed by atoms with Gasteiger partial charge in [-0.25, -0.2) is 0 Å². The van der Waals surface area contributed by atoms with Crippen LogP contribution in [-0.2, 0) is 9.53 Å². The molecule has 21 heavy (non-hydrogen) atoms. The Labute approximate surface area is 129 Å². The maximum absolute atomic E-state index is 12.2. The Morgan fingerprint density at radius 2 is 1.76 bits per heavy atom. The van der Waals surface area contributed by atoms with Gasteiger partial charge in [-0.2, -0.15) is 5.26 Å².